The summed E-state index contributed by atoms with van der Waals surface area (Å²) in [4.78, 5) is 15.1. The summed E-state index contributed by atoms with van der Waals surface area (Å²) < 4.78 is 5.06. The monoisotopic (exact) mass is 282 g/mol. The summed E-state index contributed by atoms with van der Waals surface area (Å²) in [6, 6.07) is 1.87. The van der Waals surface area contributed by atoms with Crippen LogP contribution in [0.1, 0.15) is 17.0 Å². The van der Waals surface area contributed by atoms with E-state index in [1.165, 1.54) is 0 Å². The largest absolute Gasteiger partial charge is 0.389 e. The zero-order valence-corrected chi connectivity index (χ0v) is 11.8. The van der Waals surface area contributed by atoms with Gasteiger partial charge in [-0.2, -0.15) is 0 Å². The fraction of sp³-hybridized carbons (Fsp3) is 0.417. The van der Waals surface area contributed by atoms with Crippen LogP contribution >= 0.6 is 12.2 Å². The molecule has 1 amide bonds. The van der Waals surface area contributed by atoms with Gasteiger partial charge in [-0.05, 0) is 19.9 Å². The second-order valence-electron chi connectivity index (χ2n) is 4.08. The third kappa shape index (κ3) is 4.80. The highest BCUT2D eigenvalue weighted by Gasteiger charge is 2.10. The van der Waals surface area contributed by atoms with E-state index in [0.717, 1.165) is 22.6 Å². The number of hydrogen-bond acceptors (Lipinski definition) is 5. The first-order valence-corrected chi connectivity index (χ1v) is 6.20. The number of rotatable bonds is 7. The smallest absolute Gasteiger partial charge is 0.243 e. The molecule has 1 heterocycles. The normalized spacial score (nSPS) is 10.2. The van der Waals surface area contributed by atoms with Crippen molar-refractivity contribution in [3.8, 4) is 0 Å². The first-order chi connectivity index (χ1) is 8.91. The van der Waals surface area contributed by atoms with Crippen LogP contribution in [0.3, 0.4) is 0 Å². The topological polar surface area (TPSA) is 103 Å². The van der Waals surface area contributed by atoms with E-state index in [2.05, 4.69) is 10.3 Å². The molecule has 19 heavy (non-hydrogen) atoms. The molecular formula is C12H18N4O2S. The van der Waals surface area contributed by atoms with Gasteiger partial charge in [0.05, 0.1) is 12.2 Å². The van der Waals surface area contributed by atoms with Crippen molar-refractivity contribution in [1.82, 2.24) is 4.98 Å². The Kier molecular flexibility index (Phi) is 5.65. The SMILES string of the molecule is Cc1cc(NCCOCC(N)=O)c(C(N)=S)c(C)n1. The third-order valence-corrected chi connectivity index (χ3v) is 2.59. The van der Waals surface area contributed by atoms with E-state index in [0.29, 0.717) is 18.1 Å². The van der Waals surface area contributed by atoms with Gasteiger partial charge in [0.1, 0.15) is 11.6 Å². The summed E-state index contributed by atoms with van der Waals surface area (Å²) in [5.74, 6) is -0.487. The molecule has 6 nitrogen and oxygen atoms in total. The van der Waals surface area contributed by atoms with E-state index in [9.17, 15) is 4.79 Å². The molecule has 0 spiro atoms. The minimum Gasteiger partial charge on any atom is -0.389 e. The van der Waals surface area contributed by atoms with Gasteiger partial charge in [0, 0.05) is 23.6 Å². The average Bonchev–Trinajstić information content (AvgIpc) is 2.26. The molecule has 5 N–H and O–H groups in total. The van der Waals surface area contributed by atoms with Crippen molar-refractivity contribution in [2.75, 3.05) is 25.1 Å². The lowest BCUT2D eigenvalue weighted by Gasteiger charge is -2.14. The Morgan fingerprint density at radius 2 is 2.16 bits per heavy atom. The summed E-state index contributed by atoms with van der Waals surface area (Å²) in [6.45, 7) is 4.55. The van der Waals surface area contributed by atoms with Gasteiger partial charge in [-0.1, -0.05) is 12.2 Å². The van der Waals surface area contributed by atoms with Crippen LogP contribution in [0.25, 0.3) is 0 Å². The van der Waals surface area contributed by atoms with Crippen LogP contribution in [0.5, 0.6) is 0 Å². The Morgan fingerprint density at radius 3 is 2.74 bits per heavy atom. The molecular weight excluding hydrogens is 264 g/mol. The lowest BCUT2D eigenvalue weighted by molar-refractivity contribution is -0.122. The second kappa shape index (κ2) is 7.01. The van der Waals surface area contributed by atoms with Gasteiger partial charge in [0.25, 0.3) is 0 Å². The van der Waals surface area contributed by atoms with Gasteiger partial charge >= 0.3 is 0 Å². The molecule has 0 radical (unpaired) electrons. The maximum absolute atomic E-state index is 10.5. The summed E-state index contributed by atoms with van der Waals surface area (Å²) >= 11 is 5.02. The summed E-state index contributed by atoms with van der Waals surface area (Å²) in [5.41, 5.74) is 13.9. The lowest BCUT2D eigenvalue weighted by Crippen LogP contribution is -2.22. The number of carbonyl (C=O) groups excluding carboxylic acids is 1. The molecule has 0 aromatic carbocycles. The van der Waals surface area contributed by atoms with E-state index in [4.69, 9.17) is 28.4 Å². The van der Waals surface area contributed by atoms with Crippen LogP contribution < -0.4 is 16.8 Å². The zero-order chi connectivity index (χ0) is 14.4. The Hall–Kier alpha value is -1.73. The number of pyridine rings is 1. The number of aromatic nitrogens is 1. The van der Waals surface area contributed by atoms with Crippen molar-refractivity contribution in [3.63, 3.8) is 0 Å². The van der Waals surface area contributed by atoms with Gasteiger partial charge < -0.3 is 21.5 Å². The Morgan fingerprint density at radius 1 is 1.47 bits per heavy atom. The highest BCUT2D eigenvalue weighted by atomic mass is 32.1. The van der Waals surface area contributed by atoms with Gasteiger partial charge in [0.15, 0.2) is 0 Å². The minimum absolute atomic E-state index is 0.0851. The molecule has 0 aliphatic rings. The van der Waals surface area contributed by atoms with Crippen LogP contribution in [-0.2, 0) is 9.53 Å². The fourth-order valence-electron chi connectivity index (χ4n) is 1.71. The number of nitrogens with zero attached hydrogens (tertiary/aromatic N) is 1. The van der Waals surface area contributed by atoms with E-state index >= 15 is 0 Å². The molecule has 0 aliphatic carbocycles. The van der Waals surface area contributed by atoms with Crippen molar-refractivity contribution in [2.24, 2.45) is 11.5 Å². The number of thiocarbonyl (C=S) groups is 1. The van der Waals surface area contributed by atoms with Crippen LogP contribution in [0.15, 0.2) is 6.07 Å². The van der Waals surface area contributed by atoms with Crippen molar-refractivity contribution < 1.29 is 9.53 Å². The maximum atomic E-state index is 10.5. The minimum atomic E-state index is -0.487. The molecule has 1 aromatic rings. The Bertz CT molecular complexity index is 491. The van der Waals surface area contributed by atoms with Crippen LogP contribution in [0.4, 0.5) is 5.69 Å². The van der Waals surface area contributed by atoms with Gasteiger partial charge in [-0.15, -0.1) is 0 Å². The molecule has 0 aliphatic heterocycles. The summed E-state index contributed by atoms with van der Waals surface area (Å²) in [5, 5.41) is 3.17. The Labute approximate surface area is 117 Å². The lowest BCUT2D eigenvalue weighted by atomic mass is 10.1. The number of nitrogens with one attached hydrogen (secondary N) is 1. The average molecular weight is 282 g/mol. The predicted octanol–water partition coefficient (Wildman–Crippen LogP) is 0.246. The van der Waals surface area contributed by atoms with Crippen molar-refractivity contribution in [2.45, 2.75) is 13.8 Å². The van der Waals surface area contributed by atoms with E-state index in [-0.39, 0.29) is 6.61 Å². The molecule has 0 saturated heterocycles. The number of amides is 1. The number of ether oxygens (including phenoxy) is 1. The van der Waals surface area contributed by atoms with Crippen molar-refractivity contribution >= 4 is 28.8 Å². The zero-order valence-electron chi connectivity index (χ0n) is 11.0. The third-order valence-electron chi connectivity index (χ3n) is 2.38. The molecule has 104 valence electrons. The number of primary amides is 1. The van der Waals surface area contributed by atoms with Gasteiger partial charge in [-0.25, -0.2) is 0 Å². The van der Waals surface area contributed by atoms with Crippen LogP contribution in [0.2, 0.25) is 0 Å². The Balaban J connectivity index is 2.67. The van der Waals surface area contributed by atoms with Crippen LogP contribution in [-0.4, -0.2) is 35.6 Å². The number of hydrogen-bond donors (Lipinski definition) is 3. The number of carbonyl (C=O) groups is 1. The quantitative estimate of drug-likeness (QED) is 0.489. The number of nitrogens with two attached hydrogens (primary N) is 2. The highest BCUT2D eigenvalue weighted by molar-refractivity contribution is 7.80. The van der Waals surface area contributed by atoms with E-state index in [1.54, 1.807) is 0 Å². The molecule has 0 fully saturated rings. The van der Waals surface area contributed by atoms with Gasteiger partial charge in [-0.3, -0.25) is 9.78 Å². The first-order valence-electron chi connectivity index (χ1n) is 5.79. The van der Waals surface area contributed by atoms with E-state index in [1.807, 2.05) is 19.9 Å². The highest BCUT2D eigenvalue weighted by Crippen LogP contribution is 2.19. The molecule has 0 bridgehead atoms. The number of anilines is 1. The maximum Gasteiger partial charge on any atom is 0.243 e. The molecule has 0 unspecified atom stereocenters. The number of aryl methyl sites for hydroxylation is 2. The second-order valence-corrected chi connectivity index (χ2v) is 4.52. The fourth-order valence-corrected chi connectivity index (χ4v) is 1.97. The van der Waals surface area contributed by atoms with Gasteiger partial charge in [0.2, 0.25) is 5.91 Å². The van der Waals surface area contributed by atoms with Crippen molar-refractivity contribution in [3.05, 3.63) is 23.0 Å². The van der Waals surface area contributed by atoms with Crippen molar-refractivity contribution in [1.29, 1.82) is 0 Å². The van der Waals surface area contributed by atoms with Crippen LogP contribution in [0, 0.1) is 13.8 Å². The molecule has 7 heteroatoms. The standard InChI is InChI=1S/C12H18N4O2S/c1-7-5-9(11(12(14)19)8(2)16-7)15-3-4-18-6-10(13)17/h5H,3-4,6H2,1-2H3,(H2,13,17)(H2,14,19)(H,15,16). The van der Waals surface area contributed by atoms with E-state index < -0.39 is 5.91 Å². The molecule has 0 atom stereocenters. The molecule has 0 saturated carbocycles. The first kappa shape index (κ1) is 15.3. The predicted molar refractivity (Wildman–Crippen MR) is 78.1 cm³/mol. The molecule has 1 rings (SSSR count). The molecule has 1 aromatic heterocycles. The summed E-state index contributed by atoms with van der Waals surface area (Å²) in [7, 11) is 0. The summed E-state index contributed by atoms with van der Waals surface area (Å²) in [6.07, 6.45) is 0.